The number of amides is 1. The molecule has 0 heterocycles. The number of nitrogens with one attached hydrogen (secondary N) is 2. The first kappa shape index (κ1) is 17.7. The van der Waals surface area contributed by atoms with Crippen molar-refractivity contribution in [1.29, 1.82) is 0 Å². The molecule has 0 spiro atoms. The van der Waals surface area contributed by atoms with Crippen molar-refractivity contribution in [2.24, 2.45) is 5.92 Å². The van der Waals surface area contributed by atoms with E-state index in [0.717, 1.165) is 12.5 Å². The second-order valence-electron chi connectivity index (χ2n) is 5.24. The van der Waals surface area contributed by atoms with E-state index in [1.807, 2.05) is 0 Å². The normalized spacial score (nSPS) is 15.0. The summed E-state index contributed by atoms with van der Waals surface area (Å²) in [7, 11) is 0. The van der Waals surface area contributed by atoms with Crippen molar-refractivity contribution in [3.63, 3.8) is 0 Å². The highest BCUT2D eigenvalue weighted by molar-refractivity contribution is 5.85. The molecule has 4 nitrogen and oxygen atoms in total. The largest absolute Gasteiger partial charge is 0.486 e. The first-order valence-corrected chi connectivity index (χ1v) is 7.03. The van der Waals surface area contributed by atoms with E-state index in [9.17, 15) is 9.18 Å². The van der Waals surface area contributed by atoms with E-state index in [2.05, 4.69) is 10.6 Å². The Kier molecular flexibility index (Phi) is 7.47. The van der Waals surface area contributed by atoms with Crippen LogP contribution in [0.2, 0.25) is 0 Å². The Balaban J connectivity index is 0.00000220. The predicted octanol–water partition coefficient (Wildman–Crippen LogP) is 2.13. The Morgan fingerprint density at radius 1 is 1.43 bits per heavy atom. The third-order valence-corrected chi connectivity index (χ3v) is 3.17. The van der Waals surface area contributed by atoms with Crippen LogP contribution in [0.3, 0.4) is 0 Å². The minimum Gasteiger partial charge on any atom is -0.486 e. The van der Waals surface area contributed by atoms with Gasteiger partial charge in [-0.1, -0.05) is 12.1 Å². The molecule has 0 radical (unpaired) electrons. The summed E-state index contributed by atoms with van der Waals surface area (Å²) >= 11 is 0. The van der Waals surface area contributed by atoms with Crippen molar-refractivity contribution in [3.8, 4) is 5.75 Å². The topological polar surface area (TPSA) is 50.4 Å². The molecular formula is C15H22ClFN2O2. The molecule has 1 aromatic rings. The molecule has 118 valence electrons. The second-order valence-corrected chi connectivity index (χ2v) is 5.24. The number of carbonyl (C=O) groups excluding carboxylic acids is 1. The highest BCUT2D eigenvalue weighted by Gasteiger charge is 2.20. The number of benzene rings is 1. The Morgan fingerprint density at radius 2 is 2.14 bits per heavy atom. The summed E-state index contributed by atoms with van der Waals surface area (Å²) in [4.78, 5) is 11.6. The minimum atomic E-state index is -0.392. The summed E-state index contributed by atoms with van der Waals surface area (Å²) in [5.41, 5.74) is 0. The average Bonchev–Trinajstić information content (AvgIpc) is 3.23. The summed E-state index contributed by atoms with van der Waals surface area (Å²) in [6.07, 6.45) is 2.25. The Labute approximate surface area is 130 Å². The van der Waals surface area contributed by atoms with E-state index in [1.165, 1.54) is 18.9 Å². The van der Waals surface area contributed by atoms with Crippen molar-refractivity contribution in [2.45, 2.75) is 25.9 Å². The van der Waals surface area contributed by atoms with Crippen LogP contribution in [0.5, 0.6) is 5.75 Å². The fourth-order valence-electron chi connectivity index (χ4n) is 1.83. The molecule has 1 aromatic carbocycles. The summed E-state index contributed by atoms with van der Waals surface area (Å²) in [5, 5.41) is 5.88. The van der Waals surface area contributed by atoms with Crippen LogP contribution in [-0.4, -0.2) is 31.6 Å². The molecule has 1 unspecified atom stereocenters. The zero-order valence-electron chi connectivity index (χ0n) is 12.1. The van der Waals surface area contributed by atoms with Crippen molar-refractivity contribution >= 4 is 18.3 Å². The lowest BCUT2D eigenvalue weighted by molar-refractivity contribution is -0.120. The van der Waals surface area contributed by atoms with Crippen LogP contribution in [0.15, 0.2) is 24.3 Å². The Hall–Kier alpha value is -1.33. The number of hydrogen-bond acceptors (Lipinski definition) is 3. The summed E-state index contributed by atoms with van der Waals surface area (Å²) in [6, 6.07) is 6.25. The maximum absolute atomic E-state index is 13.4. The molecule has 0 saturated heterocycles. The Morgan fingerprint density at radius 3 is 2.81 bits per heavy atom. The van der Waals surface area contributed by atoms with Gasteiger partial charge in [-0.2, -0.15) is 0 Å². The molecule has 1 aliphatic rings. The molecule has 21 heavy (non-hydrogen) atoms. The molecule has 1 atom stereocenters. The van der Waals surface area contributed by atoms with E-state index < -0.39 is 5.82 Å². The average molecular weight is 317 g/mol. The monoisotopic (exact) mass is 316 g/mol. The van der Waals surface area contributed by atoms with Gasteiger partial charge in [0.05, 0.1) is 13.1 Å². The number of ether oxygens (including phenoxy) is 1. The van der Waals surface area contributed by atoms with Gasteiger partial charge < -0.3 is 15.4 Å². The van der Waals surface area contributed by atoms with Gasteiger partial charge in [0.1, 0.15) is 6.10 Å². The molecule has 1 fully saturated rings. The first-order valence-electron chi connectivity index (χ1n) is 7.03. The van der Waals surface area contributed by atoms with Gasteiger partial charge in [-0.05, 0) is 44.4 Å². The Bertz CT molecular complexity index is 455. The van der Waals surface area contributed by atoms with E-state index in [4.69, 9.17) is 4.74 Å². The zero-order valence-corrected chi connectivity index (χ0v) is 12.9. The van der Waals surface area contributed by atoms with Crippen LogP contribution in [0, 0.1) is 11.7 Å². The number of rotatable bonds is 8. The van der Waals surface area contributed by atoms with Gasteiger partial charge in [0.2, 0.25) is 5.91 Å². The molecule has 0 bridgehead atoms. The van der Waals surface area contributed by atoms with Gasteiger partial charge in [-0.15, -0.1) is 12.4 Å². The second kappa shape index (κ2) is 8.85. The van der Waals surface area contributed by atoms with Crippen LogP contribution >= 0.6 is 12.4 Å². The van der Waals surface area contributed by atoms with Crippen LogP contribution in [0.1, 0.15) is 19.8 Å². The van der Waals surface area contributed by atoms with Gasteiger partial charge in [-0.3, -0.25) is 4.79 Å². The quantitative estimate of drug-likeness (QED) is 0.772. The van der Waals surface area contributed by atoms with Crippen molar-refractivity contribution in [1.82, 2.24) is 10.6 Å². The van der Waals surface area contributed by atoms with Gasteiger partial charge in [-0.25, -0.2) is 4.39 Å². The van der Waals surface area contributed by atoms with Crippen molar-refractivity contribution in [2.75, 3.05) is 19.6 Å². The van der Waals surface area contributed by atoms with Gasteiger partial charge in [0.25, 0.3) is 0 Å². The summed E-state index contributed by atoms with van der Waals surface area (Å²) in [6.45, 7) is 3.39. The molecular weight excluding hydrogens is 295 g/mol. The summed E-state index contributed by atoms with van der Waals surface area (Å²) < 4.78 is 18.8. The van der Waals surface area contributed by atoms with Gasteiger partial charge in [0.15, 0.2) is 11.6 Å². The van der Waals surface area contributed by atoms with Crippen LogP contribution in [0.4, 0.5) is 4.39 Å². The minimum absolute atomic E-state index is 0. The zero-order chi connectivity index (χ0) is 14.4. The number of carbonyl (C=O) groups is 1. The lowest BCUT2D eigenvalue weighted by Gasteiger charge is -2.16. The maximum Gasteiger partial charge on any atom is 0.234 e. The smallest absolute Gasteiger partial charge is 0.234 e. The van der Waals surface area contributed by atoms with Crippen LogP contribution in [-0.2, 0) is 4.79 Å². The number of hydrogen-bond donors (Lipinski definition) is 2. The van der Waals surface area contributed by atoms with Gasteiger partial charge in [0, 0.05) is 0 Å². The van der Waals surface area contributed by atoms with E-state index >= 15 is 0 Å². The molecule has 2 N–H and O–H groups in total. The third-order valence-electron chi connectivity index (χ3n) is 3.17. The highest BCUT2D eigenvalue weighted by Crippen LogP contribution is 2.27. The lowest BCUT2D eigenvalue weighted by Crippen LogP contribution is -2.39. The first-order chi connectivity index (χ1) is 9.65. The fourth-order valence-corrected chi connectivity index (χ4v) is 1.83. The molecule has 1 saturated carbocycles. The SMILES string of the molecule is CC(CNC(=O)CNCC1CC1)Oc1ccccc1F.Cl. The molecule has 1 aliphatic carbocycles. The number of halogens is 2. The highest BCUT2D eigenvalue weighted by atomic mass is 35.5. The maximum atomic E-state index is 13.4. The van der Waals surface area contributed by atoms with Crippen molar-refractivity contribution in [3.05, 3.63) is 30.1 Å². The van der Waals surface area contributed by atoms with E-state index in [-0.39, 0.29) is 30.2 Å². The summed E-state index contributed by atoms with van der Waals surface area (Å²) in [5.74, 6) is 0.513. The van der Waals surface area contributed by atoms with Crippen LogP contribution in [0.25, 0.3) is 0 Å². The van der Waals surface area contributed by atoms with Gasteiger partial charge >= 0.3 is 0 Å². The molecule has 2 rings (SSSR count). The lowest BCUT2D eigenvalue weighted by atomic mass is 10.3. The van der Waals surface area contributed by atoms with Crippen LogP contribution < -0.4 is 15.4 Å². The third kappa shape index (κ3) is 6.78. The molecule has 0 aromatic heterocycles. The fraction of sp³-hybridized carbons (Fsp3) is 0.533. The van der Waals surface area contributed by atoms with E-state index in [0.29, 0.717) is 13.1 Å². The molecule has 1 amide bonds. The number of para-hydroxylation sites is 1. The van der Waals surface area contributed by atoms with E-state index in [1.54, 1.807) is 25.1 Å². The molecule has 6 heteroatoms. The predicted molar refractivity (Wildman–Crippen MR) is 82.3 cm³/mol. The standard InChI is InChI=1S/C15H21FN2O2.ClH/c1-11(20-14-5-3-2-4-13(14)16)8-18-15(19)10-17-9-12-6-7-12;/h2-5,11-12,17H,6-10H2,1H3,(H,18,19);1H. The molecule has 0 aliphatic heterocycles. The van der Waals surface area contributed by atoms with Crippen molar-refractivity contribution < 1.29 is 13.9 Å².